The molecule has 2 rings (SSSR count). The lowest BCUT2D eigenvalue weighted by molar-refractivity contribution is 0.0708. The molecule has 0 aromatic heterocycles. The average molecular weight is 338 g/mol. The Balaban J connectivity index is 0.00000162. The SMILES string of the molecule is CC1CN(C(=O)c2cc(F)cc(Br)c2)CCN1.Cl. The highest BCUT2D eigenvalue weighted by Crippen LogP contribution is 2.17. The van der Waals surface area contributed by atoms with E-state index in [2.05, 4.69) is 21.2 Å². The summed E-state index contributed by atoms with van der Waals surface area (Å²) < 4.78 is 13.8. The number of rotatable bonds is 1. The Hall–Kier alpha value is -0.650. The minimum Gasteiger partial charge on any atom is -0.336 e. The molecule has 1 aliphatic heterocycles. The van der Waals surface area contributed by atoms with Crippen LogP contribution in [0.4, 0.5) is 4.39 Å². The van der Waals surface area contributed by atoms with Crippen LogP contribution in [0.3, 0.4) is 0 Å². The fourth-order valence-electron chi connectivity index (χ4n) is 1.98. The summed E-state index contributed by atoms with van der Waals surface area (Å²) >= 11 is 3.19. The molecule has 1 saturated heterocycles. The summed E-state index contributed by atoms with van der Waals surface area (Å²) in [6, 6.07) is 4.56. The molecule has 3 nitrogen and oxygen atoms in total. The van der Waals surface area contributed by atoms with Gasteiger partial charge in [0.15, 0.2) is 0 Å². The van der Waals surface area contributed by atoms with Crippen molar-refractivity contribution in [2.45, 2.75) is 13.0 Å². The van der Waals surface area contributed by atoms with E-state index in [0.29, 0.717) is 23.1 Å². The third kappa shape index (κ3) is 3.67. The second-order valence-electron chi connectivity index (χ2n) is 4.26. The number of piperazine rings is 1. The summed E-state index contributed by atoms with van der Waals surface area (Å²) in [6.45, 7) is 4.13. The van der Waals surface area contributed by atoms with Crippen molar-refractivity contribution in [1.82, 2.24) is 10.2 Å². The Bertz CT molecular complexity index is 424. The normalized spacial score (nSPS) is 19.3. The minimum absolute atomic E-state index is 0. The van der Waals surface area contributed by atoms with Crippen LogP contribution in [0.25, 0.3) is 0 Å². The summed E-state index contributed by atoms with van der Waals surface area (Å²) in [4.78, 5) is 13.9. The standard InChI is InChI=1S/C12H14BrFN2O.ClH/c1-8-7-16(3-2-15-8)12(17)9-4-10(13)6-11(14)5-9;/h4-6,8,15H,2-3,7H2,1H3;1H. The van der Waals surface area contributed by atoms with Crippen LogP contribution in [0.5, 0.6) is 0 Å². The number of hydrogen-bond acceptors (Lipinski definition) is 2. The van der Waals surface area contributed by atoms with Gasteiger partial charge in [0.25, 0.3) is 5.91 Å². The van der Waals surface area contributed by atoms with Crippen molar-refractivity contribution in [2.24, 2.45) is 0 Å². The summed E-state index contributed by atoms with van der Waals surface area (Å²) in [5, 5.41) is 3.26. The molecule has 0 bridgehead atoms. The Labute approximate surface area is 120 Å². The smallest absolute Gasteiger partial charge is 0.254 e. The molecule has 1 unspecified atom stereocenters. The first-order valence-corrected chi connectivity index (χ1v) is 6.34. The van der Waals surface area contributed by atoms with Crippen LogP contribution in [0, 0.1) is 5.82 Å². The zero-order valence-electron chi connectivity index (χ0n) is 9.95. The van der Waals surface area contributed by atoms with Crippen LogP contribution in [0.1, 0.15) is 17.3 Å². The molecule has 1 aliphatic rings. The van der Waals surface area contributed by atoms with Crippen LogP contribution >= 0.6 is 28.3 Å². The maximum atomic E-state index is 13.2. The van der Waals surface area contributed by atoms with Crippen molar-refractivity contribution in [3.63, 3.8) is 0 Å². The number of amides is 1. The van der Waals surface area contributed by atoms with E-state index in [1.165, 1.54) is 12.1 Å². The molecule has 1 N–H and O–H groups in total. The number of carbonyl (C=O) groups is 1. The van der Waals surface area contributed by atoms with Crippen LogP contribution in [-0.2, 0) is 0 Å². The first-order valence-electron chi connectivity index (χ1n) is 5.55. The highest BCUT2D eigenvalue weighted by atomic mass is 79.9. The van der Waals surface area contributed by atoms with Crippen molar-refractivity contribution in [1.29, 1.82) is 0 Å². The van der Waals surface area contributed by atoms with Crippen molar-refractivity contribution < 1.29 is 9.18 Å². The molecule has 0 radical (unpaired) electrons. The zero-order valence-corrected chi connectivity index (χ0v) is 12.4. The molecule has 1 fully saturated rings. The number of nitrogens with one attached hydrogen (secondary N) is 1. The zero-order chi connectivity index (χ0) is 12.4. The predicted molar refractivity (Wildman–Crippen MR) is 74.7 cm³/mol. The molecule has 1 amide bonds. The molecular weight excluding hydrogens is 322 g/mol. The van der Waals surface area contributed by atoms with Gasteiger partial charge in [0, 0.05) is 35.7 Å². The first-order chi connectivity index (χ1) is 8.06. The van der Waals surface area contributed by atoms with Gasteiger partial charge in [-0.3, -0.25) is 4.79 Å². The van der Waals surface area contributed by atoms with Gasteiger partial charge in [0.1, 0.15) is 5.82 Å². The van der Waals surface area contributed by atoms with Crippen LogP contribution < -0.4 is 5.32 Å². The number of benzene rings is 1. The van der Waals surface area contributed by atoms with Gasteiger partial charge in [-0.2, -0.15) is 0 Å². The fourth-order valence-corrected chi connectivity index (χ4v) is 2.44. The van der Waals surface area contributed by atoms with E-state index in [4.69, 9.17) is 0 Å². The predicted octanol–water partition coefficient (Wildman–Crippen LogP) is 2.44. The first kappa shape index (κ1) is 15.4. The van der Waals surface area contributed by atoms with Crippen molar-refractivity contribution in [3.05, 3.63) is 34.1 Å². The van der Waals surface area contributed by atoms with E-state index in [1.807, 2.05) is 6.92 Å². The van der Waals surface area contributed by atoms with E-state index >= 15 is 0 Å². The molecule has 1 aromatic carbocycles. The Morgan fingerprint density at radius 2 is 2.22 bits per heavy atom. The summed E-state index contributed by atoms with van der Waals surface area (Å²) in [7, 11) is 0. The van der Waals surface area contributed by atoms with Crippen LogP contribution in [0.15, 0.2) is 22.7 Å². The second kappa shape index (κ2) is 6.50. The molecule has 1 aromatic rings. The van der Waals surface area contributed by atoms with E-state index in [-0.39, 0.29) is 24.4 Å². The van der Waals surface area contributed by atoms with Gasteiger partial charge in [-0.25, -0.2) is 4.39 Å². The van der Waals surface area contributed by atoms with Crippen molar-refractivity contribution in [3.8, 4) is 0 Å². The molecule has 1 heterocycles. The van der Waals surface area contributed by atoms with Gasteiger partial charge in [-0.1, -0.05) is 15.9 Å². The van der Waals surface area contributed by atoms with Crippen molar-refractivity contribution in [2.75, 3.05) is 19.6 Å². The van der Waals surface area contributed by atoms with Crippen LogP contribution in [0.2, 0.25) is 0 Å². The third-order valence-corrected chi connectivity index (χ3v) is 3.22. The molecule has 100 valence electrons. The highest BCUT2D eigenvalue weighted by molar-refractivity contribution is 9.10. The van der Waals surface area contributed by atoms with E-state index in [1.54, 1.807) is 11.0 Å². The summed E-state index contributed by atoms with van der Waals surface area (Å²) in [5.74, 6) is -0.510. The Morgan fingerprint density at radius 3 is 2.83 bits per heavy atom. The summed E-state index contributed by atoms with van der Waals surface area (Å²) in [6.07, 6.45) is 0. The van der Waals surface area contributed by atoms with E-state index in [9.17, 15) is 9.18 Å². The largest absolute Gasteiger partial charge is 0.336 e. The average Bonchev–Trinajstić information content (AvgIpc) is 2.26. The molecule has 1 atom stereocenters. The van der Waals surface area contributed by atoms with E-state index < -0.39 is 5.82 Å². The summed E-state index contributed by atoms with van der Waals surface area (Å²) in [5.41, 5.74) is 0.394. The maximum Gasteiger partial charge on any atom is 0.254 e. The number of carbonyl (C=O) groups excluding carboxylic acids is 1. The molecule has 18 heavy (non-hydrogen) atoms. The lowest BCUT2D eigenvalue weighted by Crippen LogP contribution is -2.51. The van der Waals surface area contributed by atoms with E-state index in [0.717, 1.165) is 6.54 Å². The fraction of sp³-hybridized carbons (Fsp3) is 0.417. The van der Waals surface area contributed by atoms with Crippen LogP contribution in [-0.4, -0.2) is 36.5 Å². The van der Waals surface area contributed by atoms with Gasteiger partial charge >= 0.3 is 0 Å². The Morgan fingerprint density at radius 1 is 1.50 bits per heavy atom. The molecular formula is C12H15BrClFN2O. The van der Waals surface area contributed by atoms with Gasteiger partial charge in [0.2, 0.25) is 0 Å². The topological polar surface area (TPSA) is 32.3 Å². The molecule has 6 heteroatoms. The van der Waals surface area contributed by atoms with Gasteiger partial charge in [-0.05, 0) is 25.1 Å². The highest BCUT2D eigenvalue weighted by Gasteiger charge is 2.22. The molecule has 0 spiro atoms. The van der Waals surface area contributed by atoms with Gasteiger partial charge < -0.3 is 10.2 Å². The monoisotopic (exact) mass is 336 g/mol. The number of nitrogens with zero attached hydrogens (tertiary/aromatic N) is 1. The lowest BCUT2D eigenvalue weighted by Gasteiger charge is -2.32. The maximum absolute atomic E-state index is 13.2. The minimum atomic E-state index is -0.397. The lowest BCUT2D eigenvalue weighted by atomic mass is 10.1. The second-order valence-corrected chi connectivity index (χ2v) is 5.18. The Kier molecular flexibility index (Phi) is 5.56. The molecule has 0 aliphatic carbocycles. The number of halogens is 3. The number of hydrogen-bond donors (Lipinski definition) is 1. The van der Waals surface area contributed by atoms with Gasteiger partial charge in [-0.15, -0.1) is 12.4 Å². The molecule has 0 saturated carbocycles. The van der Waals surface area contributed by atoms with Crippen molar-refractivity contribution >= 4 is 34.2 Å². The quantitative estimate of drug-likeness (QED) is 0.854. The third-order valence-electron chi connectivity index (χ3n) is 2.77. The van der Waals surface area contributed by atoms with Gasteiger partial charge in [0.05, 0.1) is 0 Å².